The van der Waals surface area contributed by atoms with Gasteiger partial charge in [0.25, 0.3) is 5.91 Å². The van der Waals surface area contributed by atoms with Crippen LogP contribution in [0.2, 0.25) is 0 Å². The first kappa shape index (κ1) is 20.5. The van der Waals surface area contributed by atoms with Crippen LogP contribution >= 0.6 is 11.3 Å². The predicted octanol–water partition coefficient (Wildman–Crippen LogP) is 3.65. The number of aryl methyl sites for hydroxylation is 1. The normalized spacial score (nSPS) is 10.7. The molecule has 1 amide bonds. The van der Waals surface area contributed by atoms with Gasteiger partial charge in [-0.05, 0) is 48.9 Å². The van der Waals surface area contributed by atoms with E-state index in [1.165, 1.54) is 11.3 Å². The number of benzene rings is 1. The van der Waals surface area contributed by atoms with Gasteiger partial charge in [0, 0.05) is 30.7 Å². The fourth-order valence-electron chi connectivity index (χ4n) is 3.06. The van der Waals surface area contributed by atoms with Gasteiger partial charge in [-0.3, -0.25) is 4.79 Å². The summed E-state index contributed by atoms with van der Waals surface area (Å²) in [5, 5.41) is 7.89. The van der Waals surface area contributed by atoms with E-state index in [9.17, 15) is 4.79 Å². The van der Waals surface area contributed by atoms with E-state index in [0.29, 0.717) is 34.4 Å². The first-order chi connectivity index (χ1) is 15.1. The number of hydrogen-bond donors (Lipinski definition) is 1. The summed E-state index contributed by atoms with van der Waals surface area (Å²) in [5.41, 5.74) is 2.47. The Hall–Kier alpha value is -3.72. The number of carbonyl (C=O) groups excluding carboxylic acids is 1. The van der Waals surface area contributed by atoms with Crippen molar-refractivity contribution in [1.82, 2.24) is 25.1 Å². The van der Waals surface area contributed by atoms with Crippen molar-refractivity contribution >= 4 is 17.2 Å². The number of nitrogens with one attached hydrogen (secondary N) is 1. The molecule has 4 aromatic rings. The van der Waals surface area contributed by atoms with Crippen molar-refractivity contribution in [2.45, 2.75) is 13.5 Å². The summed E-state index contributed by atoms with van der Waals surface area (Å²) in [5.74, 6) is 1.79. The zero-order valence-corrected chi connectivity index (χ0v) is 18.1. The van der Waals surface area contributed by atoms with Gasteiger partial charge in [-0.1, -0.05) is 0 Å². The molecule has 8 nitrogen and oxygen atoms in total. The summed E-state index contributed by atoms with van der Waals surface area (Å²) in [6.45, 7) is 2.20. The fourth-order valence-corrected chi connectivity index (χ4v) is 4.04. The smallest absolute Gasteiger partial charge is 0.263 e. The second-order valence-electron chi connectivity index (χ2n) is 6.66. The minimum absolute atomic E-state index is 0.167. The van der Waals surface area contributed by atoms with Crippen LogP contribution in [0.5, 0.6) is 11.5 Å². The van der Waals surface area contributed by atoms with Crippen LogP contribution in [-0.2, 0) is 6.54 Å². The third kappa shape index (κ3) is 4.41. The predicted molar refractivity (Wildman–Crippen MR) is 118 cm³/mol. The van der Waals surface area contributed by atoms with Gasteiger partial charge in [0.1, 0.15) is 9.88 Å². The minimum atomic E-state index is -0.167. The summed E-state index contributed by atoms with van der Waals surface area (Å²) in [6.07, 6.45) is 5.21. The Morgan fingerprint density at radius 1 is 1.13 bits per heavy atom. The summed E-state index contributed by atoms with van der Waals surface area (Å²) >= 11 is 1.34. The van der Waals surface area contributed by atoms with E-state index in [1.807, 2.05) is 49.5 Å². The van der Waals surface area contributed by atoms with Crippen molar-refractivity contribution < 1.29 is 14.3 Å². The molecule has 3 heterocycles. The standard InChI is InChI=1S/C22H21N5O3S/c1-14-20(31-22(26-14)16-5-6-17(29-2)18(12-16)30-3)21(28)24-13-15-7-9-23-19(11-15)27-10-4-8-25-27/h4-12H,13H2,1-3H3,(H,24,28). The van der Waals surface area contributed by atoms with Crippen molar-refractivity contribution in [1.29, 1.82) is 0 Å². The number of pyridine rings is 1. The minimum Gasteiger partial charge on any atom is -0.493 e. The van der Waals surface area contributed by atoms with Crippen molar-refractivity contribution in [3.63, 3.8) is 0 Å². The molecule has 0 bridgehead atoms. The molecule has 0 atom stereocenters. The summed E-state index contributed by atoms with van der Waals surface area (Å²) in [6, 6.07) is 11.2. The highest BCUT2D eigenvalue weighted by Crippen LogP contribution is 2.35. The van der Waals surface area contributed by atoms with Gasteiger partial charge in [0.2, 0.25) is 0 Å². The van der Waals surface area contributed by atoms with Crippen LogP contribution in [0.3, 0.4) is 0 Å². The molecule has 0 radical (unpaired) electrons. The lowest BCUT2D eigenvalue weighted by atomic mass is 10.2. The van der Waals surface area contributed by atoms with Crippen molar-refractivity contribution in [3.05, 3.63) is 71.1 Å². The van der Waals surface area contributed by atoms with E-state index in [2.05, 4.69) is 20.4 Å². The van der Waals surface area contributed by atoms with Crippen LogP contribution in [0.25, 0.3) is 16.4 Å². The average Bonchev–Trinajstić information content (AvgIpc) is 3.47. The molecule has 0 fully saturated rings. The second kappa shape index (κ2) is 8.97. The first-order valence-electron chi connectivity index (χ1n) is 9.52. The quantitative estimate of drug-likeness (QED) is 0.477. The highest BCUT2D eigenvalue weighted by molar-refractivity contribution is 7.17. The Bertz CT molecular complexity index is 1200. The molecule has 0 saturated carbocycles. The topological polar surface area (TPSA) is 91.2 Å². The number of aromatic nitrogens is 4. The maximum Gasteiger partial charge on any atom is 0.263 e. The molecule has 3 aromatic heterocycles. The lowest BCUT2D eigenvalue weighted by Gasteiger charge is -2.08. The molecule has 31 heavy (non-hydrogen) atoms. The lowest BCUT2D eigenvalue weighted by Crippen LogP contribution is -2.22. The van der Waals surface area contributed by atoms with E-state index >= 15 is 0 Å². The number of thiazole rings is 1. The molecule has 1 aromatic carbocycles. The summed E-state index contributed by atoms with van der Waals surface area (Å²) < 4.78 is 12.3. The molecule has 1 N–H and O–H groups in total. The zero-order valence-electron chi connectivity index (χ0n) is 17.3. The van der Waals surface area contributed by atoms with Gasteiger partial charge < -0.3 is 14.8 Å². The van der Waals surface area contributed by atoms with Gasteiger partial charge in [0.15, 0.2) is 17.3 Å². The number of rotatable bonds is 7. The first-order valence-corrected chi connectivity index (χ1v) is 10.3. The maximum absolute atomic E-state index is 12.8. The van der Waals surface area contributed by atoms with E-state index in [1.54, 1.807) is 31.3 Å². The number of amides is 1. The van der Waals surface area contributed by atoms with E-state index in [-0.39, 0.29) is 5.91 Å². The second-order valence-corrected chi connectivity index (χ2v) is 7.66. The van der Waals surface area contributed by atoms with Crippen molar-refractivity contribution in [3.8, 4) is 27.9 Å². The SMILES string of the molecule is COc1ccc(-c2nc(C)c(C(=O)NCc3ccnc(-n4cccn4)c3)s2)cc1OC. The van der Waals surface area contributed by atoms with Crippen LogP contribution in [0.1, 0.15) is 20.9 Å². The highest BCUT2D eigenvalue weighted by atomic mass is 32.1. The maximum atomic E-state index is 12.8. The molecule has 4 rings (SSSR count). The molecule has 0 aliphatic heterocycles. The number of carbonyl (C=O) groups is 1. The van der Waals surface area contributed by atoms with E-state index in [4.69, 9.17) is 9.47 Å². The largest absolute Gasteiger partial charge is 0.493 e. The molecular weight excluding hydrogens is 414 g/mol. The Morgan fingerprint density at radius 3 is 2.71 bits per heavy atom. The molecule has 0 spiro atoms. The molecule has 0 aliphatic rings. The van der Waals surface area contributed by atoms with Crippen LogP contribution in [0.4, 0.5) is 0 Å². The molecule has 0 unspecified atom stereocenters. The molecule has 9 heteroatoms. The third-order valence-electron chi connectivity index (χ3n) is 4.64. The van der Waals surface area contributed by atoms with Crippen LogP contribution < -0.4 is 14.8 Å². The van der Waals surface area contributed by atoms with Gasteiger partial charge in [-0.2, -0.15) is 5.10 Å². The summed E-state index contributed by atoms with van der Waals surface area (Å²) in [4.78, 5) is 22.3. The number of nitrogens with zero attached hydrogens (tertiary/aromatic N) is 4. The monoisotopic (exact) mass is 435 g/mol. The fraction of sp³-hybridized carbons (Fsp3) is 0.182. The molecule has 158 valence electrons. The zero-order chi connectivity index (χ0) is 21.8. The third-order valence-corrected chi connectivity index (χ3v) is 5.84. The lowest BCUT2D eigenvalue weighted by molar-refractivity contribution is 0.0954. The number of methoxy groups -OCH3 is 2. The molecule has 0 aliphatic carbocycles. The number of ether oxygens (including phenoxy) is 2. The van der Waals surface area contributed by atoms with Gasteiger partial charge in [-0.15, -0.1) is 11.3 Å². The van der Waals surface area contributed by atoms with Crippen LogP contribution in [0, 0.1) is 6.92 Å². The molecular formula is C22H21N5O3S. The summed E-state index contributed by atoms with van der Waals surface area (Å²) in [7, 11) is 3.18. The molecule has 0 saturated heterocycles. The van der Waals surface area contributed by atoms with Crippen molar-refractivity contribution in [2.24, 2.45) is 0 Å². The van der Waals surface area contributed by atoms with Gasteiger partial charge >= 0.3 is 0 Å². The van der Waals surface area contributed by atoms with Crippen molar-refractivity contribution in [2.75, 3.05) is 14.2 Å². The average molecular weight is 436 g/mol. The van der Waals surface area contributed by atoms with E-state index in [0.717, 1.165) is 16.1 Å². The Morgan fingerprint density at radius 2 is 1.97 bits per heavy atom. The van der Waals surface area contributed by atoms with Crippen LogP contribution in [-0.4, -0.2) is 39.9 Å². The highest BCUT2D eigenvalue weighted by Gasteiger charge is 2.17. The van der Waals surface area contributed by atoms with Gasteiger partial charge in [0.05, 0.1) is 19.9 Å². The Kier molecular flexibility index (Phi) is 5.94. The Labute approximate surface area is 183 Å². The number of hydrogen-bond acceptors (Lipinski definition) is 7. The van der Waals surface area contributed by atoms with Gasteiger partial charge in [-0.25, -0.2) is 14.6 Å². The van der Waals surface area contributed by atoms with E-state index < -0.39 is 0 Å². The van der Waals surface area contributed by atoms with Crippen LogP contribution in [0.15, 0.2) is 55.0 Å². The Balaban J connectivity index is 1.49.